The van der Waals surface area contributed by atoms with Crippen LogP contribution in [-0.2, 0) is 18.6 Å². The number of fused-ring (bicyclic) bond motifs is 1. The third-order valence-corrected chi connectivity index (χ3v) is 8.60. The number of rotatable bonds is 30. The molecule has 0 aliphatic heterocycles. The van der Waals surface area contributed by atoms with Gasteiger partial charge >= 0.3 is 7.82 Å². The molecular formula is C36H61O7P. The van der Waals surface area contributed by atoms with Crippen molar-refractivity contribution < 1.29 is 33.1 Å². The number of ether oxygens (including phenoxy) is 3. The molecule has 0 fully saturated rings. The van der Waals surface area contributed by atoms with E-state index in [0.717, 1.165) is 29.4 Å². The fraction of sp³-hybridized carbons (Fsp3) is 0.722. The monoisotopic (exact) mass is 636 g/mol. The fourth-order valence-electron chi connectivity index (χ4n) is 5.58. The van der Waals surface area contributed by atoms with Crippen LogP contribution in [0.3, 0.4) is 0 Å². The zero-order valence-corrected chi connectivity index (χ0v) is 28.4. The third kappa shape index (κ3) is 20.5. The van der Waals surface area contributed by atoms with Crippen LogP contribution >= 0.6 is 7.82 Å². The highest BCUT2D eigenvalue weighted by molar-refractivity contribution is 7.46. The molecule has 252 valence electrons. The molecule has 1 atom stereocenters. The van der Waals surface area contributed by atoms with Gasteiger partial charge in [-0.15, -0.1) is 0 Å². The maximum absolute atomic E-state index is 10.7. The molecule has 0 aromatic heterocycles. The van der Waals surface area contributed by atoms with Gasteiger partial charge in [0, 0.05) is 5.39 Å². The normalized spacial score (nSPS) is 12.6. The lowest BCUT2D eigenvalue weighted by atomic mass is 10.0. The lowest BCUT2D eigenvalue weighted by molar-refractivity contribution is 0.00254. The minimum atomic E-state index is -4.45. The Morgan fingerprint density at radius 3 is 1.70 bits per heavy atom. The largest absolute Gasteiger partial charge is 0.487 e. The Bertz CT molecular complexity index is 990. The number of benzene rings is 2. The standard InChI is InChI=1S/C36H61O7P/c1-2-3-4-5-6-7-8-9-10-11-12-13-14-15-16-17-18-19-25-34(32-41-29-28-40-30-31-42-44(37,38)39)43-36-27-22-24-33-23-20-21-26-35(33)36/h20-24,26-27,34H,2-19,25,28-32H2,1H3,(H2,37,38,39). The predicted molar refractivity (Wildman–Crippen MR) is 181 cm³/mol. The molecule has 2 rings (SSSR count). The second kappa shape index (κ2) is 25.7. The molecule has 0 saturated carbocycles. The van der Waals surface area contributed by atoms with Crippen molar-refractivity contribution in [1.29, 1.82) is 0 Å². The lowest BCUT2D eigenvalue weighted by Crippen LogP contribution is -2.24. The van der Waals surface area contributed by atoms with Crippen LogP contribution in [0.15, 0.2) is 42.5 Å². The van der Waals surface area contributed by atoms with E-state index in [1.807, 2.05) is 24.3 Å². The molecule has 0 saturated heterocycles. The summed E-state index contributed by atoms with van der Waals surface area (Å²) in [6.07, 6.45) is 25.4. The van der Waals surface area contributed by atoms with Crippen molar-refractivity contribution >= 4 is 18.6 Å². The zero-order chi connectivity index (χ0) is 31.6. The fourth-order valence-corrected chi connectivity index (χ4v) is 5.89. The summed E-state index contributed by atoms with van der Waals surface area (Å²) in [5.41, 5.74) is 0. The van der Waals surface area contributed by atoms with E-state index in [1.54, 1.807) is 0 Å². The second-order valence-corrected chi connectivity index (χ2v) is 13.3. The quantitative estimate of drug-likeness (QED) is 0.0651. The van der Waals surface area contributed by atoms with Crippen molar-refractivity contribution in [2.24, 2.45) is 0 Å². The number of phosphoric acid groups is 1. The SMILES string of the molecule is CCCCCCCCCCCCCCCCCCCCC(COCCOCCOP(=O)(O)O)Oc1cccc2ccccc12. The van der Waals surface area contributed by atoms with Gasteiger partial charge in [0.15, 0.2) is 0 Å². The van der Waals surface area contributed by atoms with Gasteiger partial charge in [0.2, 0.25) is 0 Å². The Labute approximate surface area is 267 Å². The number of hydrogen-bond donors (Lipinski definition) is 2. The Morgan fingerprint density at radius 2 is 1.11 bits per heavy atom. The lowest BCUT2D eigenvalue weighted by Gasteiger charge is -2.20. The van der Waals surface area contributed by atoms with Gasteiger partial charge in [-0.25, -0.2) is 4.57 Å². The average Bonchev–Trinajstić information content (AvgIpc) is 3.01. The smallest absolute Gasteiger partial charge is 0.469 e. The van der Waals surface area contributed by atoms with Crippen molar-refractivity contribution in [2.75, 3.05) is 33.0 Å². The van der Waals surface area contributed by atoms with E-state index in [9.17, 15) is 4.57 Å². The van der Waals surface area contributed by atoms with Gasteiger partial charge in [-0.05, 0) is 24.3 Å². The van der Waals surface area contributed by atoms with Crippen molar-refractivity contribution in [1.82, 2.24) is 0 Å². The maximum atomic E-state index is 10.7. The predicted octanol–water partition coefficient (Wildman–Crippen LogP) is 10.2. The third-order valence-electron chi connectivity index (χ3n) is 8.09. The van der Waals surface area contributed by atoms with Crippen molar-refractivity contribution in [3.05, 3.63) is 42.5 Å². The average molecular weight is 637 g/mol. The van der Waals surface area contributed by atoms with E-state index < -0.39 is 7.82 Å². The molecule has 0 aliphatic rings. The molecule has 1 unspecified atom stereocenters. The highest BCUT2D eigenvalue weighted by Gasteiger charge is 2.14. The molecule has 7 nitrogen and oxygen atoms in total. The highest BCUT2D eigenvalue weighted by atomic mass is 31.2. The van der Waals surface area contributed by atoms with Gasteiger partial charge in [0.1, 0.15) is 11.9 Å². The number of unbranched alkanes of at least 4 members (excludes halogenated alkanes) is 17. The summed E-state index contributed by atoms with van der Waals surface area (Å²) in [5, 5.41) is 2.26. The van der Waals surface area contributed by atoms with E-state index >= 15 is 0 Å². The van der Waals surface area contributed by atoms with E-state index in [1.165, 1.54) is 109 Å². The van der Waals surface area contributed by atoms with E-state index in [0.29, 0.717) is 19.8 Å². The van der Waals surface area contributed by atoms with Crippen LogP contribution in [0.4, 0.5) is 0 Å². The summed E-state index contributed by atoms with van der Waals surface area (Å²) in [4.78, 5) is 17.4. The molecule has 8 heteroatoms. The van der Waals surface area contributed by atoms with Crippen LogP contribution in [0.2, 0.25) is 0 Å². The molecule has 2 N–H and O–H groups in total. The van der Waals surface area contributed by atoms with Crippen LogP contribution < -0.4 is 4.74 Å². The van der Waals surface area contributed by atoms with Crippen LogP contribution in [0, 0.1) is 0 Å². The van der Waals surface area contributed by atoms with Crippen molar-refractivity contribution in [3.63, 3.8) is 0 Å². The van der Waals surface area contributed by atoms with Gasteiger partial charge in [-0.2, -0.15) is 0 Å². The Hall–Kier alpha value is -1.47. The van der Waals surface area contributed by atoms with Gasteiger partial charge in [-0.1, -0.05) is 152 Å². The maximum Gasteiger partial charge on any atom is 0.469 e. The summed E-state index contributed by atoms with van der Waals surface area (Å²) >= 11 is 0. The molecule has 44 heavy (non-hydrogen) atoms. The topological polar surface area (TPSA) is 94.5 Å². The number of hydrogen-bond acceptors (Lipinski definition) is 5. The highest BCUT2D eigenvalue weighted by Crippen LogP contribution is 2.35. The summed E-state index contributed by atoms with van der Waals surface area (Å²) < 4.78 is 32.8. The van der Waals surface area contributed by atoms with E-state index in [-0.39, 0.29) is 19.3 Å². The number of phosphoric ester groups is 1. The first kappa shape index (κ1) is 38.7. The molecular weight excluding hydrogens is 575 g/mol. The summed E-state index contributed by atoms with van der Waals surface area (Å²) in [7, 11) is -4.45. The summed E-state index contributed by atoms with van der Waals surface area (Å²) in [6, 6.07) is 14.4. The molecule has 2 aromatic rings. The molecule has 0 aliphatic carbocycles. The van der Waals surface area contributed by atoms with Crippen molar-refractivity contribution in [2.45, 2.75) is 135 Å². The van der Waals surface area contributed by atoms with E-state index in [2.05, 4.69) is 29.6 Å². The first-order valence-electron chi connectivity index (χ1n) is 17.5. The van der Waals surface area contributed by atoms with Crippen LogP contribution in [0.25, 0.3) is 10.8 Å². The Balaban J connectivity index is 1.56. The van der Waals surface area contributed by atoms with Crippen LogP contribution in [-0.4, -0.2) is 48.9 Å². The molecule has 0 amide bonds. The van der Waals surface area contributed by atoms with Crippen molar-refractivity contribution in [3.8, 4) is 5.75 Å². The first-order chi connectivity index (χ1) is 21.5. The summed E-state index contributed by atoms with van der Waals surface area (Å²) in [5.74, 6) is 0.880. The molecule has 2 aromatic carbocycles. The van der Waals surface area contributed by atoms with Gasteiger partial charge in [0.25, 0.3) is 0 Å². The van der Waals surface area contributed by atoms with Gasteiger partial charge < -0.3 is 24.0 Å². The second-order valence-electron chi connectivity index (χ2n) is 12.0. The first-order valence-corrected chi connectivity index (χ1v) is 19.0. The van der Waals surface area contributed by atoms with E-state index in [4.69, 9.17) is 24.0 Å². The molecule has 0 radical (unpaired) electrons. The summed E-state index contributed by atoms with van der Waals surface area (Å²) in [6.45, 7) is 3.39. The Morgan fingerprint density at radius 1 is 0.614 bits per heavy atom. The molecule has 0 bridgehead atoms. The van der Waals surface area contributed by atoms with Crippen LogP contribution in [0.1, 0.15) is 129 Å². The minimum Gasteiger partial charge on any atom is -0.487 e. The minimum absolute atomic E-state index is 0.0557. The van der Waals surface area contributed by atoms with Gasteiger partial charge in [-0.3, -0.25) is 4.52 Å². The zero-order valence-electron chi connectivity index (χ0n) is 27.5. The Kier molecular flexibility index (Phi) is 22.6. The molecule has 0 spiro atoms. The van der Waals surface area contributed by atoms with Crippen LogP contribution in [0.5, 0.6) is 5.75 Å². The van der Waals surface area contributed by atoms with Gasteiger partial charge in [0.05, 0.1) is 33.0 Å². The molecule has 0 heterocycles.